The predicted octanol–water partition coefficient (Wildman–Crippen LogP) is 5.36. The zero-order valence-electron chi connectivity index (χ0n) is 16.9. The van der Waals surface area contributed by atoms with E-state index >= 15 is 0 Å². The van der Waals surface area contributed by atoms with Gasteiger partial charge in [0.25, 0.3) is 0 Å². The maximum absolute atomic E-state index is 14.5. The number of halogens is 6. The van der Waals surface area contributed by atoms with Crippen molar-refractivity contribution in [2.24, 2.45) is 5.73 Å². The lowest BCUT2D eigenvalue weighted by Crippen LogP contribution is -2.50. The van der Waals surface area contributed by atoms with E-state index in [-0.39, 0.29) is 17.5 Å². The van der Waals surface area contributed by atoms with E-state index in [1.165, 1.54) is 12.1 Å². The minimum absolute atomic E-state index is 0.0729. The first-order valence-corrected chi connectivity index (χ1v) is 9.55. The van der Waals surface area contributed by atoms with Gasteiger partial charge in [0.05, 0.1) is 5.54 Å². The number of rotatable bonds is 8. The minimum atomic E-state index is -4.89. The number of nitrogens with two attached hydrogens (primary N) is 1. The van der Waals surface area contributed by atoms with E-state index in [0.717, 1.165) is 24.3 Å². The lowest BCUT2D eigenvalue weighted by atomic mass is 9.77. The van der Waals surface area contributed by atoms with Crippen LogP contribution in [0.25, 0.3) is 0 Å². The number of primary amides is 1. The molecule has 0 heterocycles. The van der Waals surface area contributed by atoms with Crippen molar-refractivity contribution in [2.75, 3.05) is 0 Å². The van der Waals surface area contributed by atoms with Crippen molar-refractivity contribution in [3.8, 4) is 5.75 Å². The van der Waals surface area contributed by atoms with Crippen LogP contribution in [0.1, 0.15) is 16.7 Å². The van der Waals surface area contributed by atoms with Gasteiger partial charge in [-0.25, -0.2) is 13.6 Å². The number of nitrogens with one attached hydrogen (secondary N) is 1. The minimum Gasteiger partial charge on any atom is -0.428 e. The highest BCUT2D eigenvalue weighted by Crippen LogP contribution is 2.37. The molecule has 0 spiro atoms. The van der Waals surface area contributed by atoms with Gasteiger partial charge in [-0.1, -0.05) is 42.5 Å². The van der Waals surface area contributed by atoms with Gasteiger partial charge in [-0.05, 0) is 41.0 Å². The maximum Gasteiger partial charge on any atom is 0.461 e. The third-order valence-electron chi connectivity index (χ3n) is 4.86. The number of urea groups is 1. The Morgan fingerprint density at radius 3 is 2.12 bits per heavy atom. The first-order chi connectivity index (χ1) is 15.5. The molecule has 1 atom stereocenters. The third-order valence-corrected chi connectivity index (χ3v) is 4.86. The summed E-state index contributed by atoms with van der Waals surface area (Å²) in [7, 11) is 0. The van der Waals surface area contributed by atoms with Crippen LogP contribution in [0.4, 0.5) is 31.1 Å². The molecular weight excluding hydrogens is 450 g/mol. The van der Waals surface area contributed by atoms with Gasteiger partial charge in [0.1, 0.15) is 17.4 Å². The molecule has 3 aromatic carbocycles. The molecule has 0 fully saturated rings. The van der Waals surface area contributed by atoms with Crippen molar-refractivity contribution >= 4 is 6.03 Å². The standard InChI is InChI=1S/C23H18F6N2O2/c24-17-8-6-15(7-9-17)22(31-21(30)32,13-14-4-2-1-3-5-14)16-10-18(25)12-19(11-16)33-23(28,29)20(26)27/h1-12,20H,13H2,(H3,30,31,32). The molecule has 1 unspecified atom stereocenters. The van der Waals surface area contributed by atoms with Crippen LogP contribution in [0.5, 0.6) is 5.75 Å². The molecule has 3 N–H and O–H groups in total. The van der Waals surface area contributed by atoms with Crippen LogP contribution in [0.15, 0.2) is 72.8 Å². The Bertz CT molecular complexity index is 1110. The molecule has 0 bridgehead atoms. The second-order valence-corrected chi connectivity index (χ2v) is 7.20. The van der Waals surface area contributed by atoms with Crippen LogP contribution in [0, 0.1) is 11.6 Å². The van der Waals surface area contributed by atoms with Crippen LogP contribution in [-0.2, 0) is 12.0 Å². The maximum atomic E-state index is 14.5. The summed E-state index contributed by atoms with van der Waals surface area (Å²) >= 11 is 0. The Morgan fingerprint density at radius 2 is 1.55 bits per heavy atom. The molecule has 3 rings (SSSR count). The summed E-state index contributed by atoms with van der Waals surface area (Å²) in [6, 6.07) is 14.5. The number of amides is 2. The van der Waals surface area contributed by atoms with Gasteiger partial charge in [0, 0.05) is 12.5 Å². The molecule has 174 valence electrons. The average Bonchev–Trinajstić information content (AvgIpc) is 2.73. The normalized spacial score (nSPS) is 13.4. The molecule has 0 aliphatic heterocycles. The van der Waals surface area contributed by atoms with E-state index in [4.69, 9.17) is 5.73 Å². The molecule has 0 aliphatic rings. The molecule has 0 saturated heterocycles. The van der Waals surface area contributed by atoms with Crippen molar-refractivity contribution in [3.63, 3.8) is 0 Å². The number of alkyl halides is 4. The number of benzene rings is 3. The van der Waals surface area contributed by atoms with Crippen LogP contribution < -0.4 is 15.8 Å². The van der Waals surface area contributed by atoms with Crippen molar-refractivity contribution in [3.05, 3.63) is 101 Å². The molecular formula is C23H18F6N2O2. The summed E-state index contributed by atoms with van der Waals surface area (Å²) in [5.74, 6) is -2.61. The highest BCUT2D eigenvalue weighted by Gasteiger charge is 2.44. The van der Waals surface area contributed by atoms with Gasteiger partial charge in [-0.3, -0.25) is 0 Å². The molecule has 33 heavy (non-hydrogen) atoms. The zero-order chi connectivity index (χ0) is 24.2. The Balaban J connectivity index is 2.23. The number of hydrogen-bond donors (Lipinski definition) is 2. The van der Waals surface area contributed by atoms with E-state index in [9.17, 15) is 31.1 Å². The van der Waals surface area contributed by atoms with Gasteiger partial charge in [0.2, 0.25) is 0 Å². The first-order valence-electron chi connectivity index (χ1n) is 9.55. The summed E-state index contributed by atoms with van der Waals surface area (Å²) in [5.41, 5.74) is 4.39. The fraction of sp³-hybridized carbons (Fsp3) is 0.174. The van der Waals surface area contributed by atoms with Crippen LogP contribution >= 0.6 is 0 Å². The first kappa shape index (κ1) is 24.0. The van der Waals surface area contributed by atoms with Gasteiger partial charge in [0.15, 0.2) is 0 Å². The van der Waals surface area contributed by atoms with E-state index < -0.39 is 41.5 Å². The molecule has 0 aromatic heterocycles. The Hall–Kier alpha value is -3.69. The molecule has 0 saturated carbocycles. The smallest absolute Gasteiger partial charge is 0.428 e. The fourth-order valence-corrected chi connectivity index (χ4v) is 3.48. The molecule has 4 nitrogen and oxygen atoms in total. The second kappa shape index (κ2) is 9.43. The van der Waals surface area contributed by atoms with Crippen molar-refractivity contribution in [2.45, 2.75) is 24.5 Å². The highest BCUT2D eigenvalue weighted by atomic mass is 19.3. The van der Waals surface area contributed by atoms with Crippen LogP contribution in [0.2, 0.25) is 0 Å². The molecule has 3 aromatic rings. The van der Waals surface area contributed by atoms with Crippen LogP contribution in [-0.4, -0.2) is 18.6 Å². The van der Waals surface area contributed by atoms with Gasteiger partial charge >= 0.3 is 18.6 Å². The molecule has 2 amide bonds. The summed E-state index contributed by atoms with van der Waals surface area (Å²) in [6.07, 6.45) is -9.13. The van der Waals surface area contributed by atoms with E-state index in [1.807, 2.05) is 0 Å². The monoisotopic (exact) mass is 468 g/mol. The lowest BCUT2D eigenvalue weighted by Gasteiger charge is -2.36. The number of carbonyl (C=O) groups is 1. The van der Waals surface area contributed by atoms with Crippen molar-refractivity contribution in [1.82, 2.24) is 5.32 Å². The average molecular weight is 468 g/mol. The number of ether oxygens (including phenoxy) is 1. The zero-order valence-corrected chi connectivity index (χ0v) is 16.9. The van der Waals surface area contributed by atoms with Gasteiger partial charge in [-0.15, -0.1) is 0 Å². The second-order valence-electron chi connectivity index (χ2n) is 7.20. The third kappa shape index (κ3) is 5.57. The van der Waals surface area contributed by atoms with Gasteiger partial charge < -0.3 is 15.8 Å². The quantitative estimate of drug-likeness (QED) is 0.438. The van der Waals surface area contributed by atoms with Crippen molar-refractivity contribution < 1.29 is 35.9 Å². The van der Waals surface area contributed by atoms with E-state index in [2.05, 4.69) is 10.1 Å². The van der Waals surface area contributed by atoms with Crippen molar-refractivity contribution in [1.29, 1.82) is 0 Å². The number of hydrogen-bond acceptors (Lipinski definition) is 2. The lowest BCUT2D eigenvalue weighted by molar-refractivity contribution is -0.253. The summed E-state index contributed by atoms with van der Waals surface area (Å²) < 4.78 is 84.4. The Morgan fingerprint density at radius 1 is 0.909 bits per heavy atom. The number of carbonyl (C=O) groups excluding carboxylic acids is 1. The van der Waals surface area contributed by atoms with Gasteiger partial charge in [-0.2, -0.15) is 17.6 Å². The summed E-state index contributed by atoms with van der Waals surface area (Å²) in [4.78, 5) is 12.0. The summed E-state index contributed by atoms with van der Waals surface area (Å²) in [5, 5.41) is 2.49. The fourth-order valence-electron chi connectivity index (χ4n) is 3.48. The molecule has 0 aliphatic carbocycles. The SMILES string of the molecule is NC(=O)NC(Cc1ccccc1)(c1ccc(F)cc1)c1cc(F)cc(OC(F)(F)C(F)F)c1. The largest absolute Gasteiger partial charge is 0.461 e. The topological polar surface area (TPSA) is 64.4 Å². The Kier molecular flexibility index (Phi) is 6.85. The highest BCUT2D eigenvalue weighted by molar-refractivity contribution is 5.74. The predicted molar refractivity (Wildman–Crippen MR) is 108 cm³/mol. The molecule has 0 radical (unpaired) electrons. The summed E-state index contributed by atoms with van der Waals surface area (Å²) in [6.45, 7) is 0. The molecule has 10 heteroatoms. The van der Waals surface area contributed by atoms with E-state index in [1.54, 1.807) is 30.3 Å². The van der Waals surface area contributed by atoms with Crippen LogP contribution in [0.3, 0.4) is 0 Å². The van der Waals surface area contributed by atoms with E-state index in [0.29, 0.717) is 11.6 Å². The Labute approximate surface area is 185 Å².